The molecular formula is C16H15N. The molecule has 0 bridgehead atoms. The van der Waals surface area contributed by atoms with Crippen LogP contribution in [0.5, 0.6) is 0 Å². The number of fused-ring (bicyclic) bond motifs is 6. The van der Waals surface area contributed by atoms with Crippen molar-refractivity contribution in [3.05, 3.63) is 59.4 Å². The Morgan fingerprint density at radius 2 is 2.24 bits per heavy atom. The number of hydrogen-bond acceptors (Lipinski definition) is 1. The van der Waals surface area contributed by atoms with Gasteiger partial charge in [-0.25, -0.2) is 0 Å². The first kappa shape index (κ1) is 8.57. The van der Waals surface area contributed by atoms with Crippen molar-refractivity contribution in [3.8, 4) is 0 Å². The molecule has 0 aromatic heterocycles. The minimum Gasteiger partial charge on any atom is -0.353 e. The van der Waals surface area contributed by atoms with E-state index in [-0.39, 0.29) is 0 Å². The predicted octanol–water partition coefficient (Wildman–Crippen LogP) is 2.96. The van der Waals surface area contributed by atoms with Crippen LogP contribution in [0.1, 0.15) is 13.3 Å². The average Bonchev–Trinajstić information content (AvgIpc) is 2.76. The monoisotopic (exact) mass is 221 g/mol. The van der Waals surface area contributed by atoms with Crippen molar-refractivity contribution >= 4 is 0 Å². The normalized spacial score (nSPS) is 47.0. The predicted molar refractivity (Wildman–Crippen MR) is 68.2 cm³/mol. The number of nitrogens with zero attached hydrogens (tertiary/aromatic N) is 1. The summed E-state index contributed by atoms with van der Waals surface area (Å²) in [7, 11) is 0. The zero-order valence-electron chi connectivity index (χ0n) is 9.93. The van der Waals surface area contributed by atoms with E-state index in [9.17, 15) is 0 Å². The Bertz CT molecular complexity index is 587. The molecule has 4 atom stereocenters. The van der Waals surface area contributed by atoms with Gasteiger partial charge in [-0.3, -0.25) is 0 Å². The third-order valence-electron chi connectivity index (χ3n) is 5.31. The van der Waals surface area contributed by atoms with E-state index in [1.807, 2.05) is 0 Å². The van der Waals surface area contributed by atoms with Gasteiger partial charge in [-0.1, -0.05) is 42.5 Å². The van der Waals surface area contributed by atoms with Gasteiger partial charge < -0.3 is 4.90 Å². The SMILES string of the molecule is CC12C3=CC=CCC3C3C4C=CC=CC4=C1N32. The van der Waals surface area contributed by atoms with E-state index in [0.29, 0.717) is 17.5 Å². The van der Waals surface area contributed by atoms with Gasteiger partial charge in [0, 0.05) is 23.6 Å². The van der Waals surface area contributed by atoms with Crippen LogP contribution in [-0.4, -0.2) is 16.5 Å². The summed E-state index contributed by atoms with van der Waals surface area (Å²) in [5, 5.41) is 0. The van der Waals surface area contributed by atoms with Crippen LogP contribution >= 0.6 is 0 Å². The van der Waals surface area contributed by atoms with E-state index in [4.69, 9.17) is 0 Å². The number of allylic oxidation sites excluding steroid dienone is 6. The highest BCUT2D eigenvalue weighted by Gasteiger charge is 2.73. The maximum atomic E-state index is 2.69. The molecule has 0 N–H and O–H groups in total. The molecule has 3 heterocycles. The van der Waals surface area contributed by atoms with E-state index >= 15 is 0 Å². The third-order valence-corrected chi connectivity index (χ3v) is 5.31. The fourth-order valence-electron chi connectivity index (χ4n) is 4.67. The lowest BCUT2D eigenvalue weighted by molar-refractivity contribution is 0.327. The molecule has 4 unspecified atom stereocenters. The second-order valence-electron chi connectivity index (χ2n) is 5.90. The van der Waals surface area contributed by atoms with Gasteiger partial charge in [0.1, 0.15) is 0 Å². The summed E-state index contributed by atoms with van der Waals surface area (Å²) in [4.78, 5) is 2.69. The molecule has 0 spiro atoms. The largest absolute Gasteiger partial charge is 0.353 e. The first-order valence-corrected chi connectivity index (χ1v) is 6.59. The van der Waals surface area contributed by atoms with Crippen molar-refractivity contribution in [1.29, 1.82) is 0 Å². The van der Waals surface area contributed by atoms with E-state index < -0.39 is 0 Å². The van der Waals surface area contributed by atoms with Gasteiger partial charge in [0.15, 0.2) is 0 Å². The van der Waals surface area contributed by atoms with Crippen LogP contribution < -0.4 is 0 Å². The summed E-state index contributed by atoms with van der Waals surface area (Å²) < 4.78 is 0. The molecule has 2 fully saturated rings. The van der Waals surface area contributed by atoms with Crippen molar-refractivity contribution in [2.45, 2.75) is 24.9 Å². The van der Waals surface area contributed by atoms with Crippen molar-refractivity contribution in [3.63, 3.8) is 0 Å². The summed E-state index contributed by atoms with van der Waals surface area (Å²) in [6.45, 7) is 2.41. The molecular weight excluding hydrogens is 206 g/mol. The van der Waals surface area contributed by atoms with Crippen LogP contribution in [0.4, 0.5) is 0 Å². The highest BCUT2D eigenvalue weighted by Crippen LogP contribution is 2.70. The smallest absolute Gasteiger partial charge is 0.0996 e. The molecule has 3 aliphatic heterocycles. The molecule has 0 amide bonds. The molecule has 1 heteroatoms. The van der Waals surface area contributed by atoms with Gasteiger partial charge in [0.2, 0.25) is 0 Å². The minimum atomic E-state index is 0.293. The molecule has 84 valence electrons. The van der Waals surface area contributed by atoms with Crippen LogP contribution in [0.2, 0.25) is 0 Å². The summed E-state index contributed by atoms with van der Waals surface area (Å²) in [6.07, 6.45) is 17.3. The minimum absolute atomic E-state index is 0.293. The summed E-state index contributed by atoms with van der Waals surface area (Å²) in [5.74, 6) is 1.41. The third kappa shape index (κ3) is 0.710. The van der Waals surface area contributed by atoms with Gasteiger partial charge >= 0.3 is 0 Å². The number of hydrogen-bond donors (Lipinski definition) is 0. The number of rotatable bonds is 0. The Labute approximate surface area is 101 Å². The van der Waals surface area contributed by atoms with Crippen molar-refractivity contribution < 1.29 is 0 Å². The lowest BCUT2D eigenvalue weighted by atomic mass is 9.79. The van der Waals surface area contributed by atoms with E-state index in [2.05, 4.69) is 54.4 Å². The van der Waals surface area contributed by atoms with Gasteiger partial charge in [0.05, 0.1) is 5.54 Å². The highest BCUT2D eigenvalue weighted by atomic mass is 15.4. The molecule has 1 nitrogen and oxygen atoms in total. The first-order valence-electron chi connectivity index (χ1n) is 6.59. The zero-order chi connectivity index (χ0) is 11.2. The first-order chi connectivity index (χ1) is 8.33. The highest BCUT2D eigenvalue weighted by molar-refractivity contribution is 5.66. The van der Waals surface area contributed by atoms with Crippen molar-refractivity contribution in [1.82, 2.24) is 4.90 Å². The van der Waals surface area contributed by atoms with E-state index in [1.54, 1.807) is 16.8 Å². The van der Waals surface area contributed by atoms with Crippen molar-refractivity contribution in [2.75, 3.05) is 0 Å². The quantitative estimate of drug-likeness (QED) is 0.568. The van der Waals surface area contributed by atoms with Crippen LogP contribution in [0, 0.1) is 11.8 Å². The Kier molecular flexibility index (Phi) is 1.19. The van der Waals surface area contributed by atoms with Crippen LogP contribution in [0.15, 0.2) is 59.4 Å². The second-order valence-corrected chi connectivity index (χ2v) is 5.90. The average molecular weight is 221 g/mol. The fraction of sp³-hybridized carbons (Fsp3) is 0.375. The van der Waals surface area contributed by atoms with Gasteiger partial charge in [0.25, 0.3) is 0 Å². The Balaban J connectivity index is 1.77. The Morgan fingerprint density at radius 3 is 3.18 bits per heavy atom. The van der Waals surface area contributed by atoms with Crippen LogP contribution in [0.25, 0.3) is 0 Å². The lowest BCUT2D eigenvalue weighted by Crippen LogP contribution is -2.29. The Morgan fingerprint density at radius 1 is 1.29 bits per heavy atom. The summed E-state index contributed by atoms with van der Waals surface area (Å²) >= 11 is 0. The van der Waals surface area contributed by atoms with Gasteiger partial charge in [-0.2, -0.15) is 0 Å². The molecule has 0 saturated carbocycles. The Hall–Kier alpha value is -1.50. The van der Waals surface area contributed by atoms with Crippen LogP contribution in [-0.2, 0) is 0 Å². The molecule has 0 radical (unpaired) electrons. The van der Waals surface area contributed by atoms with Gasteiger partial charge in [-0.15, -0.1) is 0 Å². The van der Waals surface area contributed by atoms with Gasteiger partial charge in [-0.05, 0) is 24.5 Å². The summed E-state index contributed by atoms with van der Waals surface area (Å²) in [6, 6.07) is 0.711. The molecule has 5 rings (SSSR count). The fourth-order valence-corrected chi connectivity index (χ4v) is 4.67. The van der Waals surface area contributed by atoms with E-state index in [1.165, 1.54) is 6.42 Å². The van der Waals surface area contributed by atoms with E-state index in [0.717, 1.165) is 5.92 Å². The molecule has 2 aliphatic carbocycles. The lowest BCUT2D eigenvalue weighted by Gasteiger charge is -2.26. The molecule has 0 aromatic carbocycles. The standard InChI is InChI=1S/C16H15N/c1-16-13-9-5-4-8-12(13)14-10-6-2-3-7-11(10)15(16)17(14)16/h2-7,9-10,12,14H,8H2,1H3. The molecule has 17 heavy (non-hydrogen) atoms. The second kappa shape index (κ2) is 2.35. The molecule has 0 aromatic rings. The topological polar surface area (TPSA) is 3.01 Å². The van der Waals surface area contributed by atoms with Crippen LogP contribution in [0.3, 0.4) is 0 Å². The maximum absolute atomic E-state index is 2.69. The maximum Gasteiger partial charge on any atom is 0.0996 e. The number of piperidine rings is 1. The molecule has 5 aliphatic rings. The summed E-state index contributed by atoms with van der Waals surface area (Å²) in [5.41, 5.74) is 5.17. The van der Waals surface area contributed by atoms with Crippen molar-refractivity contribution in [2.24, 2.45) is 11.8 Å². The molecule has 2 saturated heterocycles. The zero-order valence-corrected chi connectivity index (χ0v) is 9.93.